The van der Waals surface area contributed by atoms with E-state index in [1.807, 2.05) is 54.8 Å². The topological polar surface area (TPSA) is 55.4 Å². The summed E-state index contributed by atoms with van der Waals surface area (Å²) in [6.07, 6.45) is 4.93. The van der Waals surface area contributed by atoms with Crippen LogP contribution in [0.4, 0.5) is 5.69 Å². The SMILES string of the molecule is CSc1ccccc1NC(=O)COC(=O)/C=C/c1ccc(C(C)C)cc1. The highest BCUT2D eigenvalue weighted by atomic mass is 32.2. The molecule has 2 aromatic carbocycles. The molecule has 2 aromatic rings. The molecule has 0 fully saturated rings. The standard InChI is InChI=1S/C21H23NO3S/c1-15(2)17-11-8-16(9-12-17)10-13-21(24)25-14-20(23)22-18-6-4-5-7-19(18)26-3/h4-13,15H,14H2,1-3H3,(H,22,23)/b13-10+. The number of amides is 1. The number of thioether (sulfide) groups is 1. The fraction of sp³-hybridized carbons (Fsp3) is 0.238. The first-order valence-corrected chi connectivity index (χ1v) is 9.59. The van der Waals surface area contributed by atoms with Gasteiger partial charge in [0, 0.05) is 11.0 Å². The molecule has 0 unspecified atom stereocenters. The summed E-state index contributed by atoms with van der Waals surface area (Å²) in [5.74, 6) is -0.450. The summed E-state index contributed by atoms with van der Waals surface area (Å²) < 4.78 is 4.99. The number of ether oxygens (including phenoxy) is 1. The van der Waals surface area contributed by atoms with Crippen molar-refractivity contribution >= 4 is 35.4 Å². The quantitative estimate of drug-likeness (QED) is 0.436. The summed E-state index contributed by atoms with van der Waals surface area (Å²) in [7, 11) is 0. The predicted octanol–water partition coefficient (Wildman–Crippen LogP) is 4.73. The van der Waals surface area contributed by atoms with Crippen molar-refractivity contribution < 1.29 is 14.3 Å². The molecule has 0 bridgehead atoms. The molecule has 0 saturated carbocycles. The molecule has 0 atom stereocenters. The molecular formula is C21H23NO3S. The summed E-state index contributed by atoms with van der Waals surface area (Å²) in [4.78, 5) is 24.7. The molecule has 4 nitrogen and oxygen atoms in total. The molecule has 1 N–H and O–H groups in total. The molecule has 26 heavy (non-hydrogen) atoms. The van der Waals surface area contributed by atoms with Crippen LogP contribution in [0, 0.1) is 0 Å². The third-order valence-electron chi connectivity index (χ3n) is 3.74. The maximum atomic E-state index is 11.9. The molecular weight excluding hydrogens is 346 g/mol. The van der Waals surface area contributed by atoms with Gasteiger partial charge in [-0.25, -0.2) is 4.79 Å². The average molecular weight is 369 g/mol. The number of hydrogen-bond donors (Lipinski definition) is 1. The zero-order chi connectivity index (χ0) is 18.9. The van der Waals surface area contributed by atoms with Gasteiger partial charge in [0.15, 0.2) is 6.61 Å². The zero-order valence-electron chi connectivity index (χ0n) is 15.2. The largest absolute Gasteiger partial charge is 0.452 e. The van der Waals surface area contributed by atoms with Crippen LogP contribution in [-0.4, -0.2) is 24.7 Å². The third kappa shape index (κ3) is 6.08. The van der Waals surface area contributed by atoms with Gasteiger partial charge in [0.1, 0.15) is 0 Å². The van der Waals surface area contributed by atoms with Gasteiger partial charge in [-0.05, 0) is 41.5 Å². The number of rotatable bonds is 7. The number of anilines is 1. The lowest BCUT2D eigenvalue weighted by atomic mass is 10.0. The van der Waals surface area contributed by atoms with Crippen LogP contribution in [0.5, 0.6) is 0 Å². The van der Waals surface area contributed by atoms with Gasteiger partial charge in [-0.3, -0.25) is 4.79 Å². The molecule has 0 radical (unpaired) electrons. The van der Waals surface area contributed by atoms with Gasteiger partial charge >= 0.3 is 5.97 Å². The molecule has 0 spiro atoms. The van der Waals surface area contributed by atoms with Crippen LogP contribution in [-0.2, 0) is 14.3 Å². The van der Waals surface area contributed by atoms with Crippen molar-refractivity contribution in [2.45, 2.75) is 24.7 Å². The lowest BCUT2D eigenvalue weighted by Gasteiger charge is -2.09. The lowest BCUT2D eigenvalue weighted by molar-refractivity contribution is -0.142. The highest BCUT2D eigenvalue weighted by Crippen LogP contribution is 2.24. The number of hydrogen-bond acceptors (Lipinski definition) is 4. The van der Waals surface area contributed by atoms with E-state index in [-0.39, 0.29) is 12.5 Å². The minimum Gasteiger partial charge on any atom is -0.452 e. The van der Waals surface area contributed by atoms with Crippen LogP contribution < -0.4 is 5.32 Å². The minimum atomic E-state index is -0.550. The second kappa shape index (κ2) is 9.82. The Morgan fingerprint density at radius 3 is 2.46 bits per heavy atom. The Hall–Kier alpha value is -2.53. The van der Waals surface area contributed by atoms with E-state index < -0.39 is 5.97 Å². The molecule has 0 aliphatic rings. The second-order valence-electron chi connectivity index (χ2n) is 6.01. The van der Waals surface area contributed by atoms with E-state index in [0.29, 0.717) is 11.6 Å². The van der Waals surface area contributed by atoms with Crippen LogP contribution in [0.3, 0.4) is 0 Å². The van der Waals surface area contributed by atoms with E-state index in [1.54, 1.807) is 6.08 Å². The van der Waals surface area contributed by atoms with Gasteiger partial charge in [0.2, 0.25) is 0 Å². The van der Waals surface area contributed by atoms with Crippen LogP contribution in [0.15, 0.2) is 59.5 Å². The Morgan fingerprint density at radius 1 is 1.12 bits per heavy atom. The van der Waals surface area contributed by atoms with E-state index in [2.05, 4.69) is 19.2 Å². The molecule has 2 rings (SSSR count). The highest BCUT2D eigenvalue weighted by molar-refractivity contribution is 7.98. The molecule has 0 aromatic heterocycles. The first kappa shape index (κ1) is 19.8. The van der Waals surface area contributed by atoms with E-state index in [0.717, 1.165) is 10.5 Å². The lowest BCUT2D eigenvalue weighted by Crippen LogP contribution is -2.20. The number of carbonyl (C=O) groups is 2. The molecule has 0 saturated heterocycles. The summed E-state index contributed by atoms with van der Waals surface area (Å²) in [6, 6.07) is 15.4. The first-order chi connectivity index (χ1) is 12.5. The van der Waals surface area contributed by atoms with Crippen molar-refractivity contribution in [3.8, 4) is 0 Å². The highest BCUT2D eigenvalue weighted by Gasteiger charge is 2.08. The Labute approximate surface area is 158 Å². The van der Waals surface area contributed by atoms with E-state index >= 15 is 0 Å². The van der Waals surface area contributed by atoms with Gasteiger partial charge in [-0.1, -0.05) is 50.2 Å². The smallest absolute Gasteiger partial charge is 0.331 e. The Balaban J connectivity index is 1.83. The summed E-state index contributed by atoms with van der Waals surface area (Å²) >= 11 is 1.54. The van der Waals surface area contributed by atoms with Gasteiger partial charge < -0.3 is 10.1 Å². The monoisotopic (exact) mass is 369 g/mol. The van der Waals surface area contributed by atoms with Crippen LogP contribution >= 0.6 is 11.8 Å². The predicted molar refractivity (Wildman–Crippen MR) is 107 cm³/mol. The normalized spacial score (nSPS) is 10.9. The van der Waals surface area contributed by atoms with Gasteiger partial charge in [-0.15, -0.1) is 11.8 Å². The number of nitrogens with one attached hydrogen (secondary N) is 1. The van der Waals surface area contributed by atoms with Crippen molar-refractivity contribution in [1.29, 1.82) is 0 Å². The van der Waals surface area contributed by atoms with Crippen LogP contribution in [0.2, 0.25) is 0 Å². The summed E-state index contributed by atoms with van der Waals surface area (Å²) in [5, 5.41) is 2.75. The first-order valence-electron chi connectivity index (χ1n) is 8.37. The van der Waals surface area contributed by atoms with Crippen LogP contribution in [0.25, 0.3) is 6.08 Å². The fourth-order valence-corrected chi connectivity index (χ4v) is 2.83. The van der Waals surface area contributed by atoms with E-state index in [1.165, 1.54) is 23.4 Å². The average Bonchev–Trinajstić information content (AvgIpc) is 2.65. The summed E-state index contributed by atoms with van der Waals surface area (Å²) in [6.45, 7) is 3.94. The van der Waals surface area contributed by atoms with Crippen molar-refractivity contribution in [2.24, 2.45) is 0 Å². The molecule has 0 aliphatic carbocycles. The maximum absolute atomic E-state index is 11.9. The number of carbonyl (C=O) groups excluding carboxylic acids is 2. The number of benzene rings is 2. The van der Waals surface area contributed by atoms with Crippen molar-refractivity contribution in [3.05, 3.63) is 65.7 Å². The molecule has 1 amide bonds. The third-order valence-corrected chi connectivity index (χ3v) is 4.54. The van der Waals surface area contributed by atoms with E-state index in [9.17, 15) is 9.59 Å². The molecule has 0 heterocycles. The second-order valence-corrected chi connectivity index (χ2v) is 6.86. The zero-order valence-corrected chi connectivity index (χ0v) is 16.0. The van der Waals surface area contributed by atoms with Gasteiger partial charge in [0.05, 0.1) is 5.69 Å². The summed E-state index contributed by atoms with van der Waals surface area (Å²) in [5.41, 5.74) is 2.86. The number of esters is 1. The van der Waals surface area contributed by atoms with Crippen molar-refractivity contribution in [2.75, 3.05) is 18.2 Å². The van der Waals surface area contributed by atoms with E-state index in [4.69, 9.17) is 4.74 Å². The Bertz CT molecular complexity index is 782. The van der Waals surface area contributed by atoms with Crippen molar-refractivity contribution in [3.63, 3.8) is 0 Å². The van der Waals surface area contributed by atoms with Gasteiger partial charge in [0.25, 0.3) is 5.91 Å². The molecule has 0 aliphatic heterocycles. The molecule has 5 heteroatoms. The Morgan fingerprint density at radius 2 is 1.81 bits per heavy atom. The van der Waals surface area contributed by atoms with Crippen LogP contribution in [0.1, 0.15) is 30.9 Å². The Kier molecular flexibility index (Phi) is 7.48. The van der Waals surface area contributed by atoms with Gasteiger partial charge in [-0.2, -0.15) is 0 Å². The minimum absolute atomic E-state index is 0.321. The molecule has 136 valence electrons. The fourth-order valence-electron chi connectivity index (χ4n) is 2.28. The number of para-hydroxylation sites is 1. The maximum Gasteiger partial charge on any atom is 0.331 e. The van der Waals surface area contributed by atoms with Crippen molar-refractivity contribution in [1.82, 2.24) is 0 Å².